The van der Waals surface area contributed by atoms with Crippen molar-refractivity contribution in [3.8, 4) is 0 Å². The van der Waals surface area contributed by atoms with Crippen molar-refractivity contribution in [2.45, 2.75) is 46.6 Å². The van der Waals surface area contributed by atoms with Gasteiger partial charge in [-0.25, -0.2) is 0 Å². The normalized spacial score (nSPS) is 11.7. The fourth-order valence-corrected chi connectivity index (χ4v) is 0.337. The summed E-state index contributed by atoms with van der Waals surface area (Å²) in [6.45, 7) is 8.91. The molecule has 2 nitrogen and oxygen atoms in total. The number of ether oxygens (including phenoxy) is 1. The fourth-order valence-electron chi connectivity index (χ4n) is 0.337. The third kappa shape index (κ3) is 17.8. The molecule has 0 aromatic heterocycles. The topological polar surface area (TPSA) is 29.5 Å². The average Bonchev–Trinajstić information content (AvgIpc) is 2.05. The van der Waals surface area contributed by atoms with Crippen molar-refractivity contribution in [3.63, 3.8) is 0 Å². The predicted octanol–water partition coefficient (Wildman–Crippen LogP) is 2.21. The quantitative estimate of drug-likeness (QED) is 0.686. The van der Waals surface area contributed by atoms with Gasteiger partial charge in [-0.2, -0.15) is 0 Å². The third-order valence-electron chi connectivity index (χ3n) is 1.21. The minimum atomic E-state index is 0.00463. The Labute approximate surface area is 70.6 Å². The third-order valence-corrected chi connectivity index (χ3v) is 1.21. The first-order valence-corrected chi connectivity index (χ1v) is 4.45. The van der Waals surface area contributed by atoms with Crippen LogP contribution in [0.15, 0.2) is 0 Å². The highest BCUT2D eigenvalue weighted by Gasteiger charge is 1.93. The van der Waals surface area contributed by atoms with Gasteiger partial charge in [0, 0.05) is 6.61 Å². The Morgan fingerprint density at radius 3 is 1.73 bits per heavy atom. The summed E-state index contributed by atoms with van der Waals surface area (Å²) in [5.74, 6) is 0. The van der Waals surface area contributed by atoms with Crippen molar-refractivity contribution >= 4 is 0 Å². The van der Waals surface area contributed by atoms with Gasteiger partial charge in [-0.15, -0.1) is 0 Å². The number of rotatable bonds is 4. The van der Waals surface area contributed by atoms with Gasteiger partial charge < -0.3 is 9.84 Å². The SMILES string of the molecule is CCCC.CCOC(C)CO. The van der Waals surface area contributed by atoms with Gasteiger partial charge in [0.05, 0.1) is 12.7 Å². The van der Waals surface area contributed by atoms with Gasteiger partial charge in [0.2, 0.25) is 0 Å². The second kappa shape index (κ2) is 12.6. The predicted molar refractivity (Wildman–Crippen MR) is 48.8 cm³/mol. The summed E-state index contributed by atoms with van der Waals surface area (Å²) in [6.07, 6.45) is 2.64. The number of unbranched alkanes of at least 4 members (excludes halogenated alkanes) is 1. The van der Waals surface area contributed by atoms with Crippen LogP contribution in [0.3, 0.4) is 0 Å². The lowest BCUT2D eigenvalue weighted by atomic mass is 10.4. The first kappa shape index (κ1) is 13.5. The standard InChI is InChI=1S/C5H12O2.C4H10/c1-3-7-5(2)4-6;1-3-4-2/h5-6H,3-4H2,1-2H3;3-4H2,1-2H3. The van der Waals surface area contributed by atoms with Gasteiger partial charge in [-0.3, -0.25) is 0 Å². The molecule has 0 aromatic carbocycles. The highest BCUT2D eigenvalue weighted by Crippen LogP contribution is 1.84. The molecule has 0 aliphatic rings. The van der Waals surface area contributed by atoms with Crippen molar-refractivity contribution in [3.05, 3.63) is 0 Å². The van der Waals surface area contributed by atoms with Gasteiger partial charge in [0.1, 0.15) is 0 Å². The lowest BCUT2D eigenvalue weighted by Gasteiger charge is -2.04. The lowest BCUT2D eigenvalue weighted by molar-refractivity contribution is 0.0325. The molecule has 2 heteroatoms. The zero-order chi connectivity index (χ0) is 9.11. The Hall–Kier alpha value is -0.0800. The second-order valence-corrected chi connectivity index (χ2v) is 2.45. The van der Waals surface area contributed by atoms with Gasteiger partial charge in [-0.05, 0) is 13.8 Å². The summed E-state index contributed by atoms with van der Waals surface area (Å²) in [5.41, 5.74) is 0. The molecule has 1 atom stereocenters. The molecule has 0 radical (unpaired) electrons. The first-order chi connectivity index (χ1) is 5.22. The van der Waals surface area contributed by atoms with E-state index in [1.165, 1.54) is 12.8 Å². The molecule has 0 heterocycles. The van der Waals surface area contributed by atoms with Crippen molar-refractivity contribution in [1.82, 2.24) is 0 Å². The van der Waals surface area contributed by atoms with E-state index < -0.39 is 0 Å². The maximum atomic E-state index is 8.34. The summed E-state index contributed by atoms with van der Waals surface area (Å²) < 4.78 is 4.94. The van der Waals surface area contributed by atoms with Crippen LogP contribution in [0.4, 0.5) is 0 Å². The molecule has 0 aliphatic heterocycles. The van der Waals surface area contributed by atoms with Crippen LogP contribution < -0.4 is 0 Å². The zero-order valence-electron chi connectivity index (χ0n) is 8.26. The Morgan fingerprint density at radius 1 is 1.18 bits per heavy atom. The first-order valence-electron chi connectivity index (χ1n) is 4.45. The molecule has 0 rings (SSSR count). The van der Waals surface area contributed by atoms with E-state index in [4.69, 9.17) is 9.84 Å². The molecule has 0 saturated carbocycles. The van der Waals surface area contributed by atoms with E-state index in [1.54, 1.807) is 0 Å². The van der Waals surface area contributed by atoms with E-state index >= 15 is 0 Å². The fraction of sp³-hybridized carbons (Fsp3) is 1.00. The molecule has 0 fully saturated rings. The maximum Gasteiger partial charge on any atom is 0.0777 e. The Balaban J connectivity index is 0. The second-order valence-electron chi connectivity index (χ2n) is 2.45. The molecule has 1 N–H and O–H groups in total. The molecule has 0 aliphatic carbocycles. The zero-order valence-corrected chi connectivity index (χ0v) is 8.26. The Bertz CT molecular complexity index is 53.5. The van der Waals surface area contributed by atoms with Crippen molar-refractivity contribution in [2.24, 2.45) is 0 Å². The molecule has 0 aromatic rings. The molecule has 0 bridgehead atoms. The van der Waals surface area contributed by atoms with Crippen LogP contribution in [0.25, 0.3) is 0 Å². The van der Waals surface area contributed by atoms with Crippen LogP contribution in [0.2, 0.25) is 0 Å². The largest absolute Gasteiger partial charge is 0.394 e. The highest BCUT2D eigenvalue weighted by molar-refractivity contribution is 4.40. The van der Waals surface area contributed by atoms with Crippen molar-refractivity contribution in [1.29, 1.82) is 0 Å². The van der Waals surface area contributed by atoms with Crippen LogP contribution in [-0.4, -0.2) is 24.4 Å². The van der Waals surface area contributed by atoms with Crippen LogP contribution in [-0.2, 0) is 4.74 Å². The number of aliphatic hydroxyl groups excluding tert-OH is 1. The van der Waals surface area contributed by atoms with Gasteiger partial charge in [-0.1, -0.05) is 26.7 Å². The average molecular weight is 162 g/mol. The Kier molecular flexibility index (Phi) is 15.4. The van der Waals surface area contributed by atoms with E-state index in [9.17, 15) is 0 Å². The van der Waals surface area contributed by atoms with Gasteiger partial charge in [0.15, 0.2) is 0 Å². The molecule has 0 amide bonds. The lowest BCUT2D eigenvalue weighted by Crippen LogP contribution is -2.11. The molecule has 0 spiro atoms. The van der Waals surface area contributed by atoms with Gasteiger partial charge in [0.25, 0.3) is 0 Å². The summed E-state index contributed by atoms with van der Waals surface area (Å²) in [7, 11) is 0. The number of hydrogen-bond acceptors (Lipinski definition) is 2. The summed E-state index contributed by atoms with van der Waals surface area (Å²) >= 11 is 0. The molecular weight excluding hydrogens is 140 g/mol. The van der Waals surface area contributed by atoms with Crippen LogP contribution in [0, 0.1) is 0 Å². The summed E-state index contributed by atoms with van der Waals surface area (Å²) in [4.78, 5) is 0. The van der Waals surface area contributed by atoms with Crippen molar-refractivity contribution in [2.75, 3.05) is 13.2 Å². The summed E-state index contributed by atoms with van der Waals surface area (Å²) in [6, 6.07) is 0. The van der Waals surface area contributed by atoms with Crippen LogP contribution in [0.1, 0.15) is 40.5 Å². The minimum Gasteiger partial charge on any atom is -0.394 e. The number of aliphatic hydroxyl groups is 1. The Morgan fingerprint density at radius 2 is 1.64 bits per heavy atom. The summed E-state index contributed by atoms with van der Waals surface area (Å²) in [5, 5.41) is 8.34. The van der Waals surface area contributed by atoms with Crippen LogP contribution in [0.5, 0.6) is 0 Å². The number of hydrogen-bond donors (Lipinski definition) is 1. The van der Waals surface area contributed by atoms with Crippen LogP contribution >= 0.6 is 0 Å². The smallest absolute Gasteiger partial charge is 0.0777 e. The van der Waals surface area contributed by atoms with Gasteiger partial charge >= 0.3 is 0 Å². The van der Waals surface area contributed by atoms with E-state index in [2.05, 4.69) is 13.8 Å². The minimum absolute atomic E-state index is 0.00463. The van der Waals surface area contributed by atoms with E-state index in [0.29, 0.717) is 6.61 Å². The van der Waals surface area contributed by atoms with E-state index in [1.807, 2.05) is 13.8 Å². The van der Waals surface area contributed by atoms with E-state index in [0.717, 1.165) is 0 Å². The molecule has 70 valence electrons. The van der Waals surface area contributed by atoms with E-state index in [-0.39, 0.29) is 12.7 Å². The molecular formula is C9H22O2. The molecule has 0 saturated heterocycles. The highest BCUT2D eigenvalue weighted by atomic mass is 16.5. The molecule has 1 unspecified atom stereocenters. The maximum absolute atomic E-state index is 8.34. The monoisotopic (exact) mass is 162 g/mol. The molecule has 11 heavy (non-hydrogen) atoms. The van der Waals surface area contributed by atoms with Crippen molar-refractivity contribution < 1.29 is 9.84 Å².